The molecule has 1 heterocycles. The molecule has 0 amide bonds. The Bertz CT molecular complexity index is 638. The summed E-state index contributed by atoms with van der Waals surface area (Å²) in [6.45, 7) is 0.783. The number of benzene rings is 1. The van der Waals surface area contributed by atoms with Crippen LogP contribution in [0.3, 0.4) is 0 Å². The molecule has 1 aromatic heterocycles. The average molecular weight is 264 g/mol. The van der Waals surface area contributed by atoms with Crippen LogP contribution in [-0.4, -0.2) is 11.0 Å². The number of rotatable bonds is 4. The summed E-state index contributed by atoms with van der Waals surface area (Å²) >= 11 is 0. The summed E-state index contributed by atoms with van der Waals surface area (Å²) in [5.41, 5.74) is 9.47. The van der Waals surface area contributed by atoms with Gasteiger partial charge in [0.2, 0.25) is 0 Å². The van der Waals surface area contributed by atoms with Gasteiger partial charge in [-0.1, -0.05) is 18.2 Å². The van der Waals surface area contributed by atoms with Crippen LogP contribution in [0.2, 0.25) is 0 Å². The summed E-state index contributed by atoms with van der Waals surface area (Å²) in [7, 11) is 0. The van der Waals surface area contributed by atoms with Gasteiger partial charge in [0, 0.05) is 18.3 Å². The van der Waals surface area contributed by atoms with Crippen LogP contribution in [0.4, 0.5) is 11.4 Å². The molecule has 100 valence electrons. The molecule has 0 radical (unpaired) electrons. The van der Waals surface area contributed by atoms with Gasteiger partial charge in [0.05, 0.1) is 11.9 Å². The number of nitrogens with zero attached hydrogens (tertiary/aromatic N) is 3. The zero-order valence-electron chi connectivity index (χ0n) is 11.2. The van der Waals surface area contributed by atoms with E-state index in [-0.39, 0.29) is 0 Å². The largest absolute Gasteiger partial charge is 0.398 e. The molecule has 2 N–H and O–H groups in total. The van der Waals surface area contributed by atoms with Crippen LogP contribution in [0.5, 0.6) is 0 Å². The van der Waals surface area contributed by atoms with Crippen molar-refractivity contribution in [2.75, 3.05) is 10.6 Å². The first-order valence-electron chi connectivity index (χ1n) is 6.74. The van der Waals surface area contributed by atoms with Gasteiger partial charge in [0.25, 0.3) is 0 Å². The number of pyridine rings is 1. The lowest BCUT2D eigenvalue weighted by atomic mass is 10.1. The Morgan fingerprint density at radius 2 is 2.05 bits per heavy atom. The lowest BCUT2D eigenvalue weighted by Crippen LogP contribution is -2.25. The number of nitrogen functional groups attached to an aromatic ring is 1. The van der Waals surface area contributed by atoms with Crippen LogP contribution in [0.25, 0.3) is 0 Å². The average Bonchev–Trinajstić information content (AvgIpc) is 3.31. The molecule has 1 saturated carbocycles. The summed E-state index contributed by atoms with van der Waals surface area (Å²) in [6, 6.07) is 14.3. The molecule has 4 heteroatoms. The predicted octanol–water partition coefficient (Wildman–Crippen LogP) is 2.70. The van der Waals surface area contributed by atoms with E-state index in [0.717, 1.165) is 23.5 Å². The fourth-order valence-corrected chi connectivity index (χ4v) is 2.30. The van der Waals surface area contributed by atoms with Crippen molar-refractivity contribution >= 4 is 11.4 Å². The summed E-state index contributed by atoms with van der Waals surface area (Å²) in [5, 5.41) is 8.82. The van der Waals surface area contributed by atoms with Gasteiger partial charge in [-0.15, -0.1) is 0 Å². The zero-order valence-corrected chi connectivity index (χ0v) is 11.2. The second-order valence-corrected chi connectivity index (χ2v) is 5.07. The van der Waals surface area contributed by atoms with Gasteiger partial charge in [-0.25, -0.2) is 4.98 Å². The molecule has 0 atom stereocenters. The maximum Gasteiger partial charge on any atom is 0.140 e. The minimum Gasteiger partial charge on any atom is -0.398 e. The van der Waals surface area contributed by atoms with E-state index >= 15 is 0 Å². The first-order valence-corrected chi connectivity index (χ1v) is 6.74. The second-order valence-electron chi connectivity index (χ2n) is 5.07. The van der Waals surface area contributed by atoms with E-state index in [9.17, 15) is 0 Å². The van der Waals surface area contributed by atoms with Crippen molar-refractivity contribution in [1.29, 1.82) is 5.26 Å². The quantitative estimate of drug-likeness (QED) is 0.862. The first-order chi connectivity index (χ1) is 9.78. The summed E-state index contributed by atoms with van der Waals surface area (Å²) in [5.74, 6) is 0. The maximum atomic E-state index is 8.82. The molecule has 0 bridgehead atoms. The third kappa shape index (κ3) is 2.57. The van der Waals surface area contributed by atoms with Gasteiger partial charge in [-0.05, 0) is 36.6 Å². The van der Waals surface area contributed by atoms with Crippen LogP contribution in [0.15, 0.2) is 42.6 Å². The topological polar surface area (TPSA) is 65.9 Å². The lowest BCUT2D eigenvalue weighted by Gasteiger charge is -2.25. The minimum atomic E-state index is 0.448. The summed E-state index contributed by atoms with van der Waals surface area (Å²) < 4.78 is 0. The summed E-state index contributed by atoms with van der Waals surface area (Å²) in [6.07, 6.45) is 4.18. The van der Waals surface area contributed by atoms with E-state index < -0.39 is 0 Å². The van der Waals surface area contributed by atoms with Crippen molar-refractivity contribution in [1.82, 2.24) is 4.98 Å². The number of anilines is 2. The van der Waals surface area contributed by atoms with Crippen LogP contribution in [0, 0.1) is 11.3 Å². The van der Waals surface area contributed by atoms with Gasteiger partial charge in [-0.2, -0.15) is 5.26 Å². The molecule has 20 heavy (non-hydrogen) atoms. The Labute approximate surface area is 118 Å². The van der Waals surface area contributed by atoms with Crippen LogP contribution in [0.1, 0.15) is 24.1 Å². The Balaban J connectivity index is 1.86. The van der Waals surface area contributed by atoms with Crippen molar-refractivity contribution in [3.63, 3.8) is 0 Å². The number of hydrogen-bond donors (Lipinski definition) is 1. The van der Waals surface area contributed by atoms with Crippen molar-refractivity contribution < 1.29 is 0 Å². The van der Waals surface area contributed by atoms with Crippen LogP contribution >= 0.6 is 0 Å². The fraction of sp³-hybridized carbons (Fsp3) is 0.250. The number of aromatic nitrogens is 1. The van der Waals surface area contributed by atoms with Gasteiger partial charge >= 0.3 is 0 Å². The molecule has 1 fully saturated rings. The molecule has 1 aliphatic rings. The zero-order chi connectivity index (χ0) is 13.9. The lowest BCUT2D eigenvalue weighted by molar-refractivity contribution is 0.793. The normalized spacial score (nSPS) is 13.8. The molecule has 0 aliphatic heterocycles. The highest BCUT2D eigenvalue weighted by molar-refractivity contribution is 5.53. The monoisotopic (exact) mass is 264 g/mol. The van der Waals surface area contributed by atoms with Crippen molar-refractivity contribution in [3.05, 3.63) is 53.9 Å². The Morgan fingerprint density at radius 1 is 1.25 bits per heavy atom. The molecule has 4 nitrogen and oxygen atoms in total. The number of nitriles is 1. The molecule has 1 aromatic carbocycles. The van der Waals surface area contributed by atoms with E-state index in [1.807, 2.05) is 30.3 Å². The third-order valence-corrected chi connectivity index (χ3v) is 3.58. The summed E-state index contributed by atoms with van der Waals surface area (Å²) in [4.78, 5) is 6.48. The number of nitrogens with two attached hydrogens (primary N) is 1. The van der Waals surface area contributed by atoms with E-state index in [4.69, 9.17) is 11.0 Å². The van der Waals surface area contributed by atoms with Crippen molar-refractivity contribution in [2.24, 2.45) is 0 Å². The van der Waals surface area contributed by atoms with Crippen LogP contribution in [-0.2, 0) is 6.54 Å². The molecule has 2 aromatic rings. The van der Waals surface area contributed by atoms with E-state index in [0.29, 0.717) is 11.7 Å². The van der Waals surface area contributed by atoms with E-state index in [1.54, 1.807) is 12.3 Å². The smallest absolute Gasteiger partial charge is 0.140 e. The second kappa shape index (κ2) is 5.22. The molecule has 1 aliphatic carbocycles. The Morgan fingerprint density at radius 3 is 2.65 bits per heavy atom. The van der Waals surface area contributed by atoms with Gasteiger partial charge < -0.3 is 10.6 Å². The van der Waals surface area contributed by atoms with Crippen molar-refractivity contribution in [3.8, 4) is 6.07 Å². The number of para-hydroxylation sites is 1. The molecule has 0 saturated heterocycles. The van der Waals surface area contributed by atoms with Gasteiger partial charge in [0.1, 0.15) is 11.8 Å². The Hall–Kier alpha value is -2.54. The SMILES string of the molecule is N#Cc1ccc(N(Cc2ccccc2N)C2CC2)cn1. The van der Waals surface area contributed by atoms with E-state index in [2.05, 4.69) is 16.0 Å². The predicted molar refractivity (Wildman–Crippen MR) is 79.0 cm³/mol. The first kappa shape index (κ1) is 12.5. The highest BCUT2D eigenvalue weighted by Gasteiger charge is 2.29. The molecule has 3 rings (SSSR count). The molecule has 0 spiro atoms. The Kier molecular flexibility index (Phi) is 3.26. The highest BCUT2D eigenvalue weighted by Crippen LogP contribution is 2.33. The van der Waals surface area contributed by atoms with Gasteiger partial charge in [0.15, 0.2) is 0 Å². The van der Waals surface area contributed by atoms with E-state index in [1.165, 1.54) is 12.8 Å². The van der Waals surface area contributed by atoms with Crippen molar-refractivity contribution in [2.45, 2.75) is 25.4 Å². The molecular formula is C16H16N4. The van der Waals surface area contributed by atoms with Crippen LogP contribution < -0.4 is 10.6 Å². The molecular weight excluding hydrogens is 248 g/mol. The molecule has 0 unspecified atom stereocenters. The highest BCUT2D eigenvalue weighted by atomic mass is 15.2. The fourth-order valence-electron chi connectivity index (χ4n) is 2.30. The third-order valence-electron chi connectivity index (χ3n) is 3.58. The maximum absolute atomic E-state index is 8.82. The minimum absolute atomic E-state index is 0.448. The standard InChI is InChI=1S/C16H16N4/c17-9-13-5-6-15(10-19-13)20(14-7-8-14)11-12-3-1-2-4-16(12)18/h1-6,10,14H,7-8,11,18H2. The number of hydrogen-bond acceptors (Lipinski definition) is 4. The van der Waals surface area contributed by atoms with Gasteiger partial charge in [-0.3, -0.25) is 0 Å².